The molecule has 0 aromatic heterocycles. The van der Waals surface area contributed by atoms with Crippen molar-refractivity contribution < 1.29 is 14.4 Å². The van der Waals surface area contributed by atoms with Crippen molar-refractivity contribution in [2.45, 2.75) is 25.4 Å². The lowest BCUT2D eigenvalue weighted by Gasteiger charge is -2.11. The average molecular weight is 275 g/mol. The summed E-state index contributed by atoms with van der Waals surface area (Å²) in [7, 11) is 1.42. The number of benzene rings is 1. The van der Waals surface area contributed by atoms with E-state index in [4.69, 9.17) is 5.73 Å². The molecule has 0 saturated carbocycles. The van der Waals surface area contributed by atoms with Crippen molar-refractivity contribution in [1.29, 1.82) is 0 Å². The summed E-state index contributed by atoms with van der Waals surface area (Å²) in [6, 6.07) is 6.65. The molecule has 106 valence electrons. The predicted octanol–water partition coefficient (Wildman–Crippen LogP) is -0.439. The van der Waals surface area contributed by atoms with Crippen molar-refractivity contribution in [3.05, 3.63) is 35.4 Å². The highest BCUT2D eigenvalue weighted by molar-refractivity contribution is 6.06. The second-order valence-corrected chi connectivity index (χ2v) is 4.81. The Morgan fingerprint density at radius 3 is 2.40 bits per heavy atom. The van der Waals surface area contributed by atoms with Crippen molar-refractivity contribution >= 4 is 17.7 Å². The van der Waals surface area contributed by atoms with Crippen LogP contribution in [0.4, 0.5) is 0 Å². The average Bonchev–Trinajstić information content (AvgIpc) is 2.67. The molecule has 1 aromatic carbocycles. The third kappa shape index (κ3) is 3.03. The highest BCUT2D eigenvalue weighted by atomic mass is 16.2. The van der Waals surface area contributed by atoms with Crippen LogP contribution in [0.3, 0.4) is 0 Å². The van der Waals surface area contributed by atoms with Gasteiger partial charge in [-0.3, -0.25) is 19.3 Å². The van der Waals surface area contributed by atoms with E-state index in [1.807, 2.05) is 24.3 Å². The van der Waals surface area contributed by atoms with Gasteiger partial charge in [0.2, 0.25) is 11.8 Å². The number of rotatable bonds is 4. The van der Waals surface area contributed by atoms with E-state index in [2.05, 4.69) is 5.32 Å². The van der Waals surface area contributed by atoms with E-state index in [1.54, 1.807) is 0 Å². The summed E-state index contributed by atoms with van der Waals surface area (Å²) >= 11 is 0. The van der Waals surface area contributed by atoms with Crippen LogP contribution in [-0.2, 0) is 27.3 Å². The number of carbonyl (C=O) groups is 3. The van der Waals surface area contributed by atoms with E-state index in [1.165, 1.54) is 7.05 Å². The molecule has 1 heterocycles. The van der Waals surface area contributed by atoms with Gasteiger partial charge in [0.1, 0.15) is 6.04 Å². The Kier molecular flexibility index (Phi) is 4.14. The van der Waals surface area contributed by atoms with Gasteiger partial charge in [-0.1, -0.05) is 24.3 Å². The van der Waals surface area contributed by atoms with Gasteiger partial charge in [0.05, 0.1) is 12.8 Å². The van der Waals surface area contributed by atoms with Gasteiger partial charge in [-0.05, 0) is 11.1 Å². The SMILES string of the molecule is CN1C(=O)CC(NC(=O)Cc2ccc(CN)cc2)C1=O. The highest BCUT2D eigenvalue weighted by Crippen LogP contribution is 2.11. The maximum Gasteiger partial charge on any atom is 0.252 e. The number of likely N-dealkylation sites (N-methyl/N-ethyl adjacent to an activating group) is 1. The van der Waals surface area contributed by atoms with Crippen LogP contribution >= 0.6 is 0 Å². The lowest BCUT2D eigenvalue weighted by atomic mass is 10.1. The number of likely N-dealkylation sites (tertiary alicyclic amines) is 1. The van der Waals surface area contributed by atoms with Crippen LogP contribution in [0.15, 0.2) is 24.3 Å². The first kappa shape index (κ1) is 14.2. The molecule has 20 heavy (non-hydrogen) atoms. The minimum Gasteiger partial charge on any atom is -0.343 e. The fraction of sp³-hybridized carbons (Fsp3) is 0.357. The molecule has 1 saturated heterocycles. The molecule has 1 atom stereocenters. The van der Waals surface area contributed by atoms with Crippen molar-refractivity contribution in [3.8, 4) is 0 Å². The first-order valence-electron chi connectivity index (χ1n) is 6.39. The number of imide groups is 1. The van der Waals surface area contributed by atoms with Gasteiger partial charge in [0.25, 0.3) is 5.91 Å². The lowest BCUT2D eigenvalue weighted by Crippen LogP contribution is -2.41. The van der Waals surface area contributed by atoms with Gasteiger partial charge >= 0.3 is 0 Å². The summed E-state index contributed by atoms with van der Waals surface area (Å²) in [4.78, 5) is 35.9. The molecule has 6 heteroatoms. The molecule has 0 aliphatic carbocycles. The first-order valence-corrected chi connectivity index (χ1v) is 6.39. The molecule has 3 amide bonds. The zero-order valence-corrected chi connectivity index (χ0v) is 11.3. The van der Waals surface area contributed by atoms with Crippen molar-refractivity contribution in [2.24, 2.45) is 5.73 Å². The van der Waals surface area contributed by atoms with E-state index in [9.17, 15) is 14.4 Å². The zero-order valence-electron chi connectivity index (χ0n) is 11.3. The fourth-order valence-corrected chi connectivity index (χ4v) is 2.09. The van der Waals surface area contributed by atoms with Crippen LogP contribution in [0.1, 0.15) is 17.5 Å². The van der Waals surface area contributed by atoms with Crippen LogP contribution in [0, 0.1) is 0 Å². The Morgan fingerprint density at radius 2 is 1.90 bits per heavy atom. The molecule has 6 nitrogen and oxygen atoms in total. The molecular weight excluding hydrogens is 258 g/mol. The number of amides is 3. The molecule has 2 rings (SSSR count). The highest BCUT2D eigenvalue weighted by Gasteiger charge is 2.36. The van der Waals surface area contributed by atoms with Crippen LogP contribution in [0.5, 0.6) is 0 Å². The summed E-state index contributed by atoms with van der Waals surface area (Å²) in [6.45, 7) is 0.456. The minimum absolute atomic E-state index is 0.0349. The Bertz CT molecular complexity index is 539. The monoisotopic (exact) mass is 275 g/mol. The largest absolute Gasteiger partial charge is 0.343 e. The van der Waals surface area contributed by atoms with E-state index in [0.29, 0.717) is 6.54 Å². The smallest absolute Gasteiger partial charge is 0.252 e. The van der Waals surface area contributed by atoms with Crippen molar-refractivity contribution in [3.63, 3.8) is 0 Å². The second kappa shape index (κ2) is 5.83. The molecule has 1 fully saturated rings. The van der Waals surface area contributed by atoms with E-state index < -0.39 is 6.04 Å². The molecule has 0 radical (unpaired) electrons. The Morgan fingerprint density at radius 1 is 1.30 bits per heavy atom. The number of nitrogens with two attached hydrogens (primary N) is 1. The minimum atomic E-state index is -0.733. The van der Waals surface area contributed by atoms with Crippen molar-refractivity contribution in [2.75, 3.05) is 7.05 Å². The standard InChI is InChI=1S/C14H17N3O3/c1-17-13(19)7-11(14(17)20)16-12(18)6-9-2-4-10(8-15)5-3-9/h2-5,11H,6-8,15H2,1H3,(H,16,18). The van der Waals surface area contributed by atoms with Crippen LogP contribution in [0.2, 0.25) is 0 Å². The quantitative estimate of drug-likeness (QED) is 0.729. The maximum atomic E-state index is 11.9. The molecule has 1 aliphatic rings. The second-order valence-electron chi connectivity index (χ2n) is 4.81. The Hall–Kier alpha value is -2.21. The number of nitrogens with zero attached hydrogens (tertiary/aromatic N) is 1. The van der Waals surface area contributed by atoms with E-state index in [-0.39, 0.29) is 30.6 Å². The van der Waals surface area contributed by atoms with Gasteiger partial charge in [-0.2, -0.15) is 0 Å². The summed E-state index contributed by atoms with van der Waals surface area (Å²) < 4.78 is 0. The first-order chi connectivity index (χ1) is 9.51. The van der Waals surface area contributed by atoms with Crippen molar-refractivity contribution in [1.82, 2.24) is 10.2 Å². The van der Waals surface area contributed by atoms with E-state index in [0.717, 1.165) is 16.0 Å². The third-order valence-corrected chi connectivity index (χ3v) is 3.34. The number of hydrogen-bond acceptors (Lipinski definition) is 4. The van der Waals surface area contributed by atoms with Gasteiger partial charge in [-0.25, -0.2) is 0 Å². The lowest BCUT2D eigenvalue weighted by molar-refractivity contribution is -0.138. The normalized spacial score (nSPS) is 18.5. The molecule has 0 bridgehead atoms. The van der Waals surface area contributed by atoms with Crippen LogP contribution in [-0.4, -0.2) is 35.7 Å². The zero-order chi connectivity index (χ0) is 14.7. The van der Waals surface area contributed by atoms with Gasteiger partial charge in [-0.15, -0.1) is 0 Å². The Balaban J connectivity index is 1.92. The molecular formula is C14H17N3O3. The molecule has 0 spiro atoms. The molecule has 3 N–H and O–H groups in total. The Labute approximate surface area is 116 Å². The number of nitrogens with one attached hydrogen (secondary N) is 1. The van der Waals surface area contributed by atoms with Crippen LogP contribution < -0.4 is 11.1 Å². The number of hydrogen-bond donors (Lipinski definition) is 2. The summed E-state index contributed by atoms with van der Waals surface area (Å²) in [6.07, 6.45) is 0.208. The maximum absolute atomic E-state index is 11.9. The topological polar surface area (TPSA) is 92.5 Å². The van der Waals surface area contributed by atoms with Crippen LogP contribution in [0.25, 0.3) is 0 Å². The molecule has 1 unspecified atom stereocenters. The fourth-order valence-electron chi connectivity index (χ4n) is 2.09. The number of carbonyl (C=O) groups excluding carboxylic acids is 3. The van der Waals surface area contributed by atoms with E-state index >= 15 is 0 Å². The summed E-state index contributed by atoms with van der Waals surface area (Å²) in [5, 5.41) is 2.59. The summed E-state index contributed by atoms with van der Waals surface area (Å²) in [5.74, 6) is -0.902. The van der Waals surface area contributed by atoms with Gasteiger partial charge in [0.15, 0.2) is 0 Å². The predicted molar refractivity (Wildman–Crippen MR) is 72.4 cm³/mol. The van der Waals surface area contributed by atoms with Gasteiger partial charge in [0, 0.05) is 13.6 Å². The molecule has 1 aromatic rings. The third-order valence-electron chi connectivity index (χ3n) is 3.34. The van der Waals surface area contributed by atoms with Gasteiger partial charge < -0.3 is 11.1 Å². The molecule has 1 aliphatic heterocycles. The summed E-state index contributed by atoms with van der Waals surface area (Å²) in [5.41, 5.74) is 7.33.